The molecular weight excluding hydrogens is 382 g/mol. The monoisotopic (exact) mass is 405 g/mol. The average molecular weight is 406 g/mol. The van der Waals surface area contributed by atoms with Crippen LogP contribution >= 0.6 is 11.3 Å². The molecule has 0 radical (unpaired) electrons. The topological polar surface area (TPSA) is 79.5 Å². The number of benzene rings is 1. The molecule has 0 saturated carbocycles. The van der Waals surface area contributed by atoms with Gasteiger partial charge in [-0.2, -0.15) is 0 Å². The van der Waals surface area contributed by atoms with Gasteiger partial charge in [-0.15, -0.1) is 11.3 Å². The number of hydrogen-bond donors (Lipinski definition) is 2. The summed E-state index contributed by atoms with van der Waals surface area (Å²) in [6, 6.07) is 9.03. The van der Waals surface area contributed by atoms with Crippen molar-refractivity contribution in [1.82, 2.24) is 4.72 Å². The fourth-order valence-corrected chi connectivity index (χ4v) is 5.70. The van der Waals surface area contributed by atoms with Crippen molar-refractivity contribution < 1.29 is 17.9 Å². The predicted octanol–water partition coefficient (Wildman–Crippen LogP) is 4.13. The highest BCUT2D eigenvalue weighted by atomic mass is 32.2. The van der Waals surface area contributed by atoms with Crippen LogP contribution in [0.1, 0.15) is 43.9 Å². The molecular formula is C20H23NO4S2. The predicted molar refractivity (Wildman–Crippen MR) is 107 cm³/mol. The summed E-state index contributed by atoms with van der Waals surface area (Å²) < 4.78 is 33.7. The van der Waals surface area contributed by atoms with Gasteiger partial charge in [0.1, 0.15) is 11.9 Å². The molecule has 2 aromatic heterocycles. The van der Waals surface area contributed by atoms with E-state index < -0.39 is 16.1 Å². The molecule has 0 spiro atoms. The number of nitrogens with one attached hydrogen (secondary N) is 1. The summed E-state index contributed by atoms with van der Waals surface area (Å²) >= 11 is 1.35. The maximum atomic E-state index is 12.9. The van der Waals surface area contributed by atoms with Gasteiger partial charge in [0.15, 0.2) is 0 Å². The summed E-state index contributed by atoms with van der Waals surface area (Å²) in [5.74, 6) is 0.463. The Balaban J connectivity index is 1.79. The van der Waals surface area contributed by atoms with Crippen molar-refractivity contribution in [1.29, 1.82) is 0 Å². The Morgan fingerprint density at radius 1 is 1.11 bits per heavy atom. The van der Waals surface area contributed by atoms with E-state index in [0.717, 1.165) is 27.1 Å². The fourth-order valence-electron chi connectivity index (χ4n) is 3.05. The lowest BCUT2D eigenvalue weighted by atomic mass is 10.0. The second-order valence-electron chi connectivity index (χ2n) is 6.64. The van der Waals surface area contributed by atoms with Crippen LogP contribution in [-0.4, -0.2) is 13.5 Å². The summed E-state index contributed by atoms with van der Waals surface area (Å²) in [5, 5.41) is 10.3. The Hall–Kier alpha value is -1.93. The summed E-state index contributed by atoms with van der Waals surface area (Å²) in [6.45, 7) is 7.67. The number of rotatable bonds is 6. The smallest absolute Gasteiger partial charge is 0.241 e. The first-order valence-electron chi connectivity index (χ1n) is 8.58. The molecule has 3 aromatic rings. The Labute approximate surface area is 163 Å². The standard InChI is InChI=1S/C20H23NO4S2/c1-12-10-13(2)15(4)20(14(12)3)27(23,24)21-11-16-7-8-18(26-16)19(22)17-6-5-9-25-17/h5-10,19,21-22H,11H2,1-4H3. The summed E-state index contributed by atoms with van der Waals surface area (Å²) in [6.07, 6.45) is 0.662. The normalized spacial score (nSPS) is 13.1. The number of aryl methyl sites for hydroxylation is 2. The molecule has 1 unspecified atom stereocenters. The van der Waals surface area contributed by atoms with Gasteiger partial charge in [-0.25, -0.2) is 13.1 Å². The van der Waals surface area contributed by atoms with Gasteiger partial charge in [0.2, 0.25) is 10.0 Å². The highest BCUT2D eigenvalue weighted by Crippen LogP contribution is 2.30. The number of aliphatic hydroxyl groups is 1. The summed E-state index contributed by atoms with van der Waals surface area (Å²) in [5.41, 5.74) is 3.45. The van der Waals surface area contributed by atoms with Crippen molar-refractivity contribution in [3.63, 3.8) is 0 Å². The van der Waals surface area contributed by atoms with E-state index >= 15 is 0 Å². The molecule has 0 aliphatic heterocycles. The highest BCUT2D eigenvalue weighted by Gasteiger charge is 2.22. The first-order valence-corrected chi connectivity index (χ1v) is 10.9. The van der Waals surface area contributed by atoms with E-state index in [-0.39, 0.29) is 6.54 Å². The van der Waals surface area contributed by atoms with Gasteiger partial charge >= 0.3 is 0 Å². The van der Waals surface area contributed by atoms with Gasteiger partial charge in [-0.05, 0) is 74.2 Å². The molecule has 0 aliphatic carbocycles. The lowest BCUT2D eigenvalue weighted by Crippen LogP contribution is -2.25. The van der Waals surface area contributed by atoms with Crippen molar-refractivity contribution in [2.24, 2.45) is 0 Å². The van der Waals surface area contributed by atoms with Gasteiger partial charge < -0.3 is 9.52 Å². The van der Waals surface area contributed by atoms with Crippen molar-refractivity contribution in [3.05, 3.63) is 74.4 Å². The van der Waals surface area contributed by atoms with Crippen LogP contribution in [0, 0.1) is 27.7 Å². The van der Waals surface area contributed by atoms with Crippen LogP contribution in [0.15, 0.2) is 45.9 Å². The molecule has 0 amide bonds. The third-order valence-electron chi connectivity index (χ3n) is 4.77. The SMILES string of the molecule is Cc1cc(C)c(C)c(S(=O)(=O)NCc2ccc(C(O)c3ccco3)s2)c1C. The van der Waals surface area contributed by atoms with E-state index in [2.05, 4.69) is 4.72 Å². The van der Waals surface area contributed by atoms with E-state index in [4.69, 9.17) is 4.42 Å². The summed E-state index contributed by atoms with van der Waals surface area (Å²) in [7, 11) is -3.64. The maximum Gasteiger partial charge on any atom is 0.241 e. The van der Waals surface area contributed by atoms with Gasteiger partial charge in [0.25, 0.3) is 0 Å². The molecule has 5 nitrogen and oxygen atoms in total. The fraction of sp³-hybridized carbons (Fsp3) is 0.300. The minimum atomic E-state index is -3.64. The molecule has 2 heterocycles. The zero-order valence-electron chi connectivity index (χ0n) is 15.7. The number of furan rings is 1. The van der Waals surface area contributed by atoms with Crippen molar-refractivity contribution in [2.45, 2.75) is 45.2 Å². The molecule has 0 bridgehead atoms. The molecule has 7 heteroatoms. The van der Waals surface area contributed by atoms with Crippen molar-refractivity contribution >= 4 is 21.4 Å². The van der Waals surface area contributed by atoms with Crippen LogP contribution in [0.25, 0.3) is 0 Å². The molecule has 144 valence electrons. The maximum absolute atomic E-state index is 12.9. The average Bonchev–Trinajstić information content (AvgIpc) is 3.29. The van der Waals surface area contributed by atoms with Crippen LogP contribution in [0.5, 0.6) is 0 Å². The quantitative estimate of drug-likeness (QED) is 0.646. The van der Waals surface area contributed by atoms with Gasteiger partial charge in [-0.3, -0.25) is 0 Å². The Bertz CT molecular complexity index is 1020. The number of thiophene rings is 1. The van der Waals surface area contributed by atoms with Crippen LogP contribution in [0.4, 0.5) is 0 Å². The minimum Gasteiger partial charge on any atom is -0.466 e. The Morgan fingerprint density at radius 3 is 2.37 bits per heavy atom. The molecule has 27 heavy (non-hydrogen) atoms. The van der Waals surface area contributed by atoms with E-state index in [0.29, 0.717) is 15.5 Å². The number of sulfonamides is 1. The van der Waals surface area contributed by atoms with Gasteiger partial charge in [-0.1, -0.05) is 6.07 Å². The number of aliphatic hydroxyl groups excluding tert-OH is 1. The second kappa shape index (κ2) is 7.59. The minimum absolute atomic E-state index is 0.170. The van der Waals surface area contributed by atoms with E-state index in [1.807, 2.05) is 39.8 Å². The number of hydrogen-bond acceptors (Lipinski definition) is 5. The lowest BCUT2D eigenvalue weighted by Gasteiger charge is -2.16. The summed E-state index contributed by atoms with van der Waals surface area (Å²) in [4.78, 5) is 1.88. The van der Waals surface area contributed by atoms with Gasteiger partial charge in [0.05, 0.1) is 11.2 Å². The molecule has 1 atom stereocenters. The largest absolute Gasteiger partial charge is 0.466 e. The zero-order valence-corrected chi connectivity index (χ0v) is 17.4. The Morgan fingerprint density at radius 2 is 1.78 bits per heavy atom. The third kappa shape index (κ3) is 4.01. The van der Waals surface area contributed by atoms with E-state index in [1.54, 1.807) is 18.2 Å². The first-order chi connectivity index (χ1) is 12.7. The molecule has 3 rings (SSSR count). The van der Waals surface area contributed by atoms with Crippen molar-refractivity contribution in [3.8, 4) is 0 Å². The molecule has 1 aromatic carbocycles. The third-order valence-corrected chi connectivity index (χ3v) is 7.58. The molecule has 0 fully saturated rings. The van der Waals surface area contributed by atoms with Crippen LogP contribution < -0.4 is 4.72 Å². The van der Waals surface area contributed by atoms with E-state index in [9.17, 15) is 13.5 Å². The molecule has 0 saturated heterocycles. The second-order valence-corrected chi connectivity index (χ2v) is 9.54. The van der Waals surface area contributed by atoms with Crippen LogP contribution in [-0.2, 0) is 16.6 Å². The van der Waals surface area contributed by atoms with Crippen molar-refractivity contribution in [2.75, 3.05) is 0 Å². The Kier molecular flexibility index (Phi) is 5.58. The first kappa shape index (κ1) is 19.8. The molecule has 2 N–H and O–H groups in total. The molecule has 0 aliphatic rings. The van der Waals surface area contributed by atoms with E-state index in [1.165, 1.54) is 17.6 Å². The zero-order chi connectivity index (χ0) is 19.8. The van der Waals surface area contributed by atoms with Crippen LogP contribution in [0.2, 0.25) is 0 Å². The van der Waals surface area contributed by atoms with Crippen LogP contribution in [0.3, 0.4) is 0 Å². The highest BCUT2D eigenvalue weighted by molar-refractivity contribution is 7.89. The van der Waals surface area contributed by atoms with Gasteiger partial charge in [0, 0.05) is 16.3 Å². The lowest BCUT2D eigenvalue weighted by molar-refractivity contribution is 0.193.